The number of carbonyl (C=O) groups excluding carboxylic acids is 2. The van der Waals surface area contributed by atoms with Crippen molar-refractivity contribution in [1.82, 2.24) is 0 Å². The zero-order valence-corrected chi connectivity index (χ0v) is 12.5. The lowest BCUT2D eigenvalue weighted by atomic mass is 10.2. The first-order valence-electron chi connectivity index (χ1n) is 6.86. The second-order valence-corrected chi connectivity index (χ2v) is 4.84. The van der Waals surface area contributed by atoms with Gasteiger partial charge in [-0.05, 0) is 43.3 Å². The maximum Gasteiger partial charge on any atom is 0.338 e. The molecule has 23 heavy (non-hydrogen) atoms. The van der Waals surface area contributed by atoms with Gasteiger partial charge in [0.15, 0.2) is 5.75 Å². The number of carbonyl (C=O) groups is 2. The fraction of sp³-hybridized carbons (Fsp3) is 0.0556. The summed E-state index contributed by atoms with van der Waals surface area (Å²) in [5, 5.41) is 2.67. The normalized spacial score (nSPS) is 9.78. The molecule has 0 aromatic heterocycles. The van der Waals surface area contributed by atoms with E-state index in [9.17, 15) is 14.4 Å². The van der Waals surface area contributed by atoms with E-state index in [1.807, 2.05) is 6.07 Å². The molecule has 0 unspecified atom stereocenters. The van der Waals surface area contributed by atoms with Gasteiger partial charge in [-0.1, -0.05) is 24.8 Å². The van der Waals surface area contributed by atoms with Crippen LogP contribution in [0.25, 0.3) is 0 Å². The molecule has 116 valence electrons. The van der Waals surface area contributed by atoms with Crippen LogP contribution < -0.4 is 15.5 Å². The van der Waals surface area contributed by atoms with Gasteiger partial charge in [0.05, 0.1) is 0 Å². The van der Waals surface area contributed by atoms with E-state index in [1.54, 1.807) is 24.3 Å². The lowest BCUT2D eigenvalue weighted by Gasteiger charge is -2.03. The van der Waals surface area contributed by atoms with Crippen LogP contribution >= 0.6 is 0 Å². The first-order chi connectivity index (χ1) is 11.0. The Hall–Kier alpha value is -3.21. The molecule has 5 nitrogen and oxygen atoms in total. The average Bonchev–Trinajstić information content (AvgIpc) is 2.71. The highest BCUT2D eigenvalue weighted by molar-refractivity contribution is 6.04. The van der Waals surface area contributed by atoms with Crippen LogP contribution in [-0.2, 0) is 4.79 Å². The summed E-state index contributed by atoms with van der Waals surface area (Å²) < 4.78 is 4.95. The molecule has 5 heteroatoms. The number of benzene rings is 1. The van der Waals surface area contributed by atoms with E-state index in [-0.39, 0.29) is 17.2 Å². The molecule has 0 aliphatic carbocycles. The zero-order valence-electron chi connectivity index (χ0n) is 12.5. The summed E-state index contributed by atoms with van der Waals surface area (Å²) in [4.78, 5) is 35.4. The SMILES string of the molecule is C=C(C)C(=O)Oc1ccc(NC(=O)c2ccccc2)ccc1=O. The fourth-order valence-electron chi connectivity index (χ4n) is 1.70. The first-order valence-corrected chi connectivity index (χ1v) is 6.86. The van der Waals surface area contributed by atoms with Gasteiger partial charge in [0.25, 0.3) is 5.91 Å². The van der Waals surface area contributed by atoms with Gasteiger partial charge in [-0.2, -0.15) is 0 Å². The lowest BCUT2D eigenvalue weighted by molar-refractivity contribution is -0.130. The highest BCUT2D eigenvalue weighted by Crippen LogP contribution is 2.11. The molecule has 0 saturated carbocycles. The van der Waals surface area contributed by atoms with E-state index in [0.29, 0.717) is 11.3 Å². The van der Waals surface area contributed by atoms with Crippen molar-refractivity contribution in [3.05, 3.63) is 82.5 Å². The minimum Gasteiger partial charge on any atom is -0.419 e. The van der Waals surface area contributed by atoms with E-state index in [4.69, 9.17) is 4.74 Å². The summed E-state index contributed by atoms with van der Waals surface area (Å²) in [6, 6.07) is 14.2. The van der Waals surface area contributed by atoms with E-state index in [1.165, 1.54) is 31.2 Å². The summed E-state index contributed by atoms with van der Waals surface area (Å²) in [5.41, 5.74) is 0.622. The molecule has 2 aromatic carbocycles. The molecule has 2 aromatic rings. The highest BCUT2D eigenvalue weighted by atomic mass is 16.5. The molecule has 0 spiro atoms. The largest absolute Gasteiger partial charge is 0.419 e. The Balaban J connectivity index is 2.21. The van der Waals surface area contributed by atoms with Crippen molar-refractivity contribution in [2.24, 2.45) is 0 Å². The van der Waals surface area contributed by atoms with E-state index in [2.05, 4.69) is 11.9 Å². The Bertz CT molecular complexity index is 813. The zero-order chi connectivity index (χ0) is 16.8. The molecule has 0 fully saturated rings. The second-order valence-electron chi connectivity index (χ2n) is 4.84. The van der Waals surface area contributed by atoms with Gasteiger partial charge in [-0.3, -0.25) is 9.59 Å². The number of rotatable bonds is 4. The van der Waals surface area contributed by atoms with Gasteiger partial charge in [0.1, 0.15) is 0 Å². The summed E-state index contributed by atoms with van der Waals surface area (Å²) >= 11 is 0. The summed E-state index contributed by atoms with van der Waals surface area (Å²) in [7, 11) is 0. The van der Waals surface area contributed by atoms with Crippen LogP contribution in [0.2, 0.25) is 0 Å². The maximum absolute atomic E-state index is 12.1. The van der Waals surface area contributed by atoms with Gasteiger partial charge in [0.2, 0.25) is 5.43 Å². The standard InChI is InChI=1S/C18H15NO4/c1-12(2)18(22)23-16-11-9-14(8-10-15(16)20)19-17(21)13-6-4-3-5-7-13/h3-11H,1H2,2H3,(H,19,21). The minimum atomic E-state index is -0.678. The molecule has 0 saturated heterocycles. The van der Waals surface area contributed by atoms with Crippen molar-refractivity contribution in [3.63, 3.8) is 0 Å². The van der Waals surface area contributed by atoms with E-state index < -0.39 is 11.4 Å². The van der Waals surface area contributed by atoms with Crippen LogP contribution in [0.3, 0.4) is 0 Å². The Kier molecular flexibility index (Phi) is 5.04. The third kappa shape index (κ3) is 4.38. The Morgan fingerprint density at radius 3 is 2.30 bits per heavy atom. The van der Waals surface area contributed by atoms with Crippen molar-refractivity contribution in [2.75, 3.05) is 5.32 Å². The molecule has 2 rings (SSSR count). The molecule has 0 heterocycles. The Morgan fingerprint density at radius 2 is 1.65 bits per heavy atom. The smallest absolute Gasteiger partial charge is 0.338 e. The van der Waals surface area contributed by atoms with Gasteiger partial charge < -0.3 is 10.1 Å². The van der Waals surface area contributed by atoms with Crippen molar-refractivity contribution < 1.29 is 14.3 Å². The molecular weight excluding hydrogens is 294 g/mol. The van der Waals surface area contributed by atoms with Gasteiger partial charge in [0, 0.05) is 16.8 Å². The lowest BCUT2D eigenvalue weighted by Crippen LogP contribution is -2.13. The number of esters is 1. The highest BCUT2D eigenvalue weighted by Gasteiger charge is 2.09. The maximum atomic E-state index is 12.1. The van der Waals surface area contributed by atoms with Crippen LogP contribution in [0.1, 0.15) is 17.3 Å². The number of amides is 1. The van der Waals surface area contributed by atoms with Gasteiger partial charge in [-0.15, -0.1) is 0 Å². The predicted molar refractivity (Wildman–Crippen MR) is 87.6 cm³/mol. The van der Waals surface area contributed by atoms with Gasteiger partial charge >= 0.3 is 5.97 Å². The Morgan fingerprint density at radius 1 is 1.00 bits per heavy atom. The van der Waals surface area contributed by atoms with E-state index >= 15 is 0 Å². The quantitative estimate of drug-likeness (QED) is 0.696. The molecule has 0 atom stereocenters. The summed E-state index contributed by atoms with van der Waals surface area (Å²) in [5.74, 6) is -1.11. The van der Waals surface area contributed by atoms with Crippen molar-refractivity contribution in [2.45, 2.75) is 6.92 Å². The fourth-order valence-corrected chi connectivity index (χ4v) is 1.70. The number of anilines is 1. The molecule has 1 amide bonds. The van der Waals surface area contributed by atoms with Crippen LogP contribution in [0.15, 0.2) is 71.5 Å². The van der Waals surface area contributed by atoms with Crippen LogP contribution in [0.5, 0.6) is 5.75 Å². The molecule has 1 N–H and O–H groups in total. The number of hydrogen-bond donors (Lipinski definition) is 1. The first kappa shape index (κ1) is 16.2. The molecule has 0 aliphatic rings. The van der Waals surface area contributed by atoms with E-state index in [0.717, 1.165) is 0 Å². The molecule has 0 aliphatic heterocycles. The third-order valence-corrected chi connectivity index (χ3v) is 2.92. The molecule has 0 bridgehead atoms. The number of hydrogen-bond acceptors (Lipinski definition) is 4. The minimum absolute atomic E-state index is 0.127. The summed E-state index contributed by atoms with van der Waals surface area (Å²) in [6.45, 7) is 4.94. The number of ether oxygens (including phenoxy) is 1. The van der Waals surface area contributed by atoms with Crippen molar-refractivity contribution in [3.8, 4) is 5.75 Å². The van der Waals surface area contributed by atoms with Crippen molar-refractivity contribution in [1.29, 1.82) is 0 Å². The predicted octanol–water partition coefficient (Wildman–Crippen LogP) is 2.78. The average molecular weight is 309 g/mol. The second kappa shape index (κ2) is 7.17. The van der Waals surface area contributed by atoms with Crippen LogP contribution in [0.4, 0.5) is 5.69 Å². The van der Waals surface area contributed by atoms with Crippen LogP contribution in [0, 0.1) is 0 Å². The monoisotopic (exact) mass is 309 g/mol. The van der Waals surface area contributed by atoms with Crippen LogP contribution in [-0.4, -0.2) is 11.9 Å². The Labute approximate surface area is 133 Å². The van der Waals surface area contributed by atoms with Gasteiger partial charge in [-0.25, -0.2) is 4.79 Å². The molecular formula is C18H15NO4. The molecule has 0 radical (unpaired) electrons. The van der Waals surface area contributed by atoms with Crippen molar-refractivity contribution >= 4 is 17.6 Å². The number of nitrogens with one attached hydrogen (secondary N) is 1. The summed E-state index contributed by atoms with van der Waals surface area (Å²) in [6.07, 6.45) is 0. The third-order valence-electron chi connectivity index (χ3n) is 2.92. The topological polar surface area (TPSA) is 72.5 Å².